The molecule has 0 aliphatic carbocycles. The zero-order chi connectivity index (χ0) is 13.1. The maximum absolute atomic E-state index is 13.5. The van der Waals surface area contributed by atoms with E-state index in [1.165, 1.54) is 12.5 Å². The monoisotopic (exact) mass is 250 g/mol. The summed E-state index contributed by atoms with van der Waals surface area (Å²) in [6, 6.07) is 5.25. The molecule has 1 aliphatic rings. The quantitative estimate of drug-likeness (QED) is 0.765. The van der Waals surface area contributed by atoms with Crippen molar-refractivity contribution in [3.63, 3.8) is 0 Å². The minimum Gasteiger partial charge on any atom is -0.372 e. The van der Waals surface area contributed by atoms with Crippen molar-refractivity contribution < 1.29 is 9.18 Å². The Morgan fingerprint density at radius 2 is 2.33 bits per heavy atom. The van der Waals surface area contributed by atoms with Gasteiger partial charge in [0, 0.05) is 19.6 Å². The zero-order valence-electron chi connectivity index (χ0n) is 10.9. The van der Waals surface area contributed by atoms with Crippen molar-refractivity contribution in [1.29, 1.82) is 0 Å². The molecule has 2 rings (SSSR count). The van der Waals surface area contributed by atoms with Crippen molar-refractivity contribution in [3.05, 3.63) is 29.6 Å². The van der Waals surface area contributed by atoms with Gasteiger partial charge in [0.05, 0.1) is 11.3 Å². The van der Waals surface area contributed by atoms with Crippen molar-refractivity contribution in [2.24, 2.45) is 0 Å². The van der Waals surface area contributed by atoms with Crippen LogP contribution in [0.4, 0.5) is 10.1 Å². The first-order valence-electron chi connectivity index (χ1n) is 6.28. The zero-order valence-corrected chi connectivity index (χ0v) is 10.9. The molecule has 98 valence electrons. The first kappa shape index (κ1) is 13.0. The number of likely N-dealkylation sites (N-methyl/N-ethyl adjacent to an activating group) is 2. The number of carbonyl (C=O) groups excluding carboxylic acids is 1. The highest BCUT2D eigenvalue weighted by atomic mass is 19.1. The summed E-state index contributed by atoms with van der Waals surface area (Å²) in [6.45, 7) is 1.93. The van der Waals surface area contributed by atoms with E-state index >= 15 is 0 Å². The van der Waals surface area contributed by atoms with Crippen LogP contribution in [-0.2, 0) is 0 Å². The smallest absolute Gasteiger partial charge is 0.155 e. The van der Waals surface area contributed by atoms with E-state index in [0.717, 1.165) is 19.5 Å². The second-order valence-corrected chi connectivity index (χ2v) is 4.95. The highest BCUT2D eigenvalue weighted by Crippen LogP contribution is 2.23. The molecule has 1 unspecified atom stereocenters. The molecule has 18 heavy (non-hydrogen) atoms. The van der Waals surface area contributed by atoms with Crippen LogP contribution in [0, 0.1) is 5.82 Å². The van der Waals surface area contributed by atoms with Gasteiger partial charge in [-0.15, -0.1) is 0 Å². The highest BCUT2D eigenvalue weighted by Gasteiger charge is 2.23. The van der Waals surface area contributed by atoms with E-state index in [4.69, 9.17) is 0 Å². The summed E-state index contributed by atoms with van der Waals surface area (Å²) in [7, 11) is 4.02. The summed E-state index contributed by atoms with van der Waals surface area (Å²) >= 11 is 0. The maximum Gasteiger partial charge on any atom is 0.155 e. The Morgan fingerprint density at radius 3 is 2.94 bits per heavy atom. The lowest BCUT2D eigenvalue weighted by Crippen LogP contribution is -2.37. The van der Waals surface area contributed by atoms with Gasteiger partial charge in [-0.1, -0.05) is 6.07 Å². The number of aldehydes is 1. The van der Waals surface area contributed by atoms with Gasteiger partial charge in [0.1, 0.15) is 5.82 Å². The maximum atomic E-state index is 13.5. The largest absolute Gasteiger partial charge is 0.372 e. The minimum absolute atomic E-state index is 0.153. The molecule has 0 bridgehead atoms. The van der Waals surface area contributed by atoms with Crippen LogP contribution < -0.4 is 4.90 Å². The van der Waals surface area contributed by atoms with Crippen LogP contribution in [0.5, 0.6) is 0 Å². The number of nitrogens with zero attached hydrogens (tertiary/aromatic N) is 2. The summed E-state index contributed by atoms with van der Waals surface area (Å²) in [5.41, 5.74) is 0.825. The number of hydrogen-bond acceptors (Lipinski definition) is 3. The first-order chi connectivity index (χ1) is 8.63. The summed E-state index contributed by atoms with van der Waals surface area (Å²) in [4.78, 5) is 15.3. The molecule has 0 spiro atoms. The molecule has 1 saturated heterocycles. The predicted octanol–water partition coefficient (Wildman–Crippen LogP) is 2.17. The van der Waals surface area contributed by atoms with Gasteiger partial charge in [-0.25, -0.2) is 4.39 Å². The molecular weight excluding hydrogens is 231 g/mol. The molecule has 0 radical (unpaired) electrons. The van der Waals surface area contributed by atoms with Crippen molar-refractivity contribution in [2.75, 3.05) is 32.1 Å². The molecule has 1 fully saturated rings. The second-order valence-electron chi connectivity index (χ2n) is 4.95. The number of anilines is 1. The molecule has 0 aromatic heterocycles. The summed E-state index contributed by atoms with van der Waals surface area (Å²) in [6.07, 6.45) is 2.96. The van der Waals surface area contributed by atoms with Crippen LogP contribution in [0.2, 0.25) is 0 Å². The molecule has 1 aliphatic heterocycles. The van der Waals surface area contributed by atoms with E-state index < -0.39 is 5.82 Å². The average molecular weight is 250 g/mol. The number of halogens is 1. The topological polar surface area (TPSA) is 23.6 Å². The molecular formula is C14H19FN2O. The number of rotatable bonds is 4. The van der Waals surface area contributed by atoms with Crippen LogP contribution in [0.1, 0.15) is 23.2 Å². The van der Waals surface area contributed by atoms with Crippen LogP contribution >= 0.6 is 0 Å². The molecule has 1 aromatic rings. The van der Waals surface area contributed by atoms with E-state index in [0.29, 0.717) is 18.0 Å². The fourth-order valence-corrected chi connectivity index (χ4v) is 2.60. The Labute approximate surface area is 107 Å². The van der Waals surface area contributed by atoms with Crippen molar-refractivity contribution in [2.45, 2.75) is 18.9 Å². The lowest BCUT2D eigenvalue weighted by atomic mass is 10.1. The summed E-state index contributed by atoms with van der Waals surface area (Å²) < 4.78 is 13.5. The van der Waals surface area contributed by atoms with Gasteiger partial charge in [0.2, 0.25) is 0 Å². The van der Waals surface area contributed by atoms with Gasteiger partial charge in [0.25, 0.3) is 0 Å². The molecule has 1 heterocycles. The molecule has 1 atom stereocenters. The Balaban J connectivity index is 2.15. The van der Waals surface area contributed by atoms with Gasteiger partial charge in [-0.2, -0.15) is 0 Å². The van der Waals surface area contributed by atoms with Crippen LogP contribution in [-0.4, -0.2) is 44.4 Å². The Kier molecular flexibility index (Phi) is 3.97. The van der Waals surface area contributed by atoms with Gasteiger partial charge >= 0.3 is 0 Å². The highest BCUT2D eigenvalue weighted by molar-refractivity contribution is 5.84. The van der Waals surface area contributed by atoms with Gasteiger partial charge in [-0.3, -0.25) is 4.79 Å². The van der Waals surface area contributed by atoms with E-state index in [-0.39, 0.29) is 5.56 Å². The second kappa shape index (κ2) is 5.48. The summed E-state index contributed by atoms with van der Waals surface area (Å²) in [5.74, 6) is -0.450. The van der Waals surface area contributed by atoms with E-state index in [1.807, 2.05) is 11.9 Å². The van der Waals surface area contributed by atoms with Crippen molar-refractivity contribution in [3.8, 4) is 0 Å². The van der Waals surface area contributed by atoms with Gasteiger partial charge < -0.3 is 9.80 Å². The fraction of sp³-hybridized carbons (Fsp3) is 0.500. The summed E-state index contributed by atoms with van der Waals surface area (Å²) in [5, 5.41) is 0. The predicted molar refractivity (Wildman–Crippen MR) is 70.7 cm³/mol. The number of likely N-dealkylation sites (tertiary alicyclic amines) is 1. The molecule has 0 N–H and O–H groups in total. The SMILES string of the molecule is CN(CC1CCCN1C)c1cccc(F)c1C=O. The first-order valence-corrected chi connectivity index (χ1v) is 6.28. The van der Waals surface area contributed by atoms with Crippen molar-refractivity contribution >= 4 is 12.0 Å². The third-order valence-corrected chi connectivity index (χ3v) is 3.72. The number of carbonyl (C=O) groups is 1. The minimum atomic E-state index is -0.450. The molecule has 3 nitrogen and oxygen atoms in total. The Morgan fingerprint density at radius 1 is 1.56 bits per heavy atom. The van der Waals surface area contributed by atoms with E-state index in [9.17, 15) is 9.18 Å². The molecule has 0 amide bonds. The molecule has 1 aromatic carbocycles. The number of benzene rings is 1. The Hall–Kier alpha value is -1.42. The van der Waals surface area contributed by atoms with E-state index in [1.54, 1.807) is 12.1 Å². The lowest BCUT2D eigenvalue weighted by molar-refractivity contribution is 0.112. The molecule has 4 heteroatoms. The fourth-order valence-electron chi connectivity index (χ4n) is 2.60. The Bertz CT molecular complexity index is 436. The van der Waals surface area contributed by atoms with Crippen LogP contribution in [0.15, 0.2) is 18.2 Å². The standard InChI is InChI=1S/C14H19FN2O/c1-16-8-4-5-11(16)9-17(2)14-7-3-6-13(15)12(14)10-18/h3,6-7,10-11H,4-5,8-9H2,1-2H3. The third-order valence-electron chi connectivity index (χ3n) is 3.72. The van der Waals surface area contributed by atoms with Crippen LogP contribution in [0.3, 0.4) is 0 Å². The molecule has 0 saturated carbocycles. The number of hydrogen-bond donors (Lipinski definition) is 0. The van der Waals surface area contributed by atoms with E-state index in [2.05, 4.69) is 11.9 Å². The van der Waals surface area contributed by atoms with Gasteiger partial charge in [0.15, 0.2) is 6.29 Å². The van der Waals surface area contributed by atoms with Crippen LogP contribution in [0.25, 0.3) is 0 Å². The normalized spacial score (nSPS) is 20.1. The van der Waals surface area contributed by atoms with Gasteiger partial charge in [-0.05, 0) is 38.6 Å². The average Bonchev–Trinajstić information content (AvgIpc) is 2.74. The third kappa shape index (κ3) is 2.53. The lowest BCUT2D eigenvalue weighted by Gasteiger charge is -2.28. The van der Waals surface area contributed by atoms with Crippen molar-refractivity contribution in [1.82, 2.24) is 4.90 Å².